The molecule has 1 rings (SSSR count). The topological polar surface area (TPSA) is 90.2 Å². The molecule has 1 fully saturated rings. The first-order valence-corrected chi connectivity index (χ1v) is 3.44. The van der Waals surface area contributed by atoms with E-state index in [2.05, 4.69) is 0 Å². The standard InChI is InChI=1S/C6H12O5/c7-1-3(9)6-5(10)4(2-8)11-6/h3-10H,1-2H2/t3-,4-,5-,6-/m1/s1. The molecule has 1 heterocycles. The van der Waals surface area contributed by atoms with Crippen molar-refractivity contribution >= 4 is 0 Å². The minimum atomic E-state index is -1.06. The second-order valence-electron chi connectivity index (χ2n) is 2.56. The van der Waals surface area contributed by atoms with Crippen LogP contribution in [0.15, 0.2) is 0 Å². The van der Waals surface area contributed by atoms with Crippen LogP contribution in [0, 0.1) is 0 Å². The van der Waals surface area contributed by atoms with E-state index in [0.717, 1.165) is 0 Å². The van der Waals surface area contributed by atoms with Crippen molar-refractivity contribution in [2.24, 2.45) is 0 Å². The molecule has 0 saturated carbocycles. The van der Waals surface area contributed by atoms with Gasteiger partial charge in [0.15, 0.2) is 0 Å². The van der Waals surface area contributed by atoms with Gasteiger partial charge in [0.2, 0.25) is 0 Å². The molecule has 66 valence electrons. The molecular weight excluding hydrogens is 152 g/mol. The van der Waals surface area contributed by atoms with E-state index in [9.17, 15) is 0 Å². The van der Waals surface area contributed by atoms with E-state index in [0.29, 0.717) is 0 Å². The van der Waals surface area contributed by atoms with Gasteiger partial charge in [-0.05, 0) is 0 Å². The Morgan fingerprint density at radius 3 is 2.36 bits per heavy atom. The van der Waals surface area contributed by atoms with Gasteiger partial charge in [-0.15, -0.1) is 0 Å². The van der Waals surface area contributed by atoms with Crippen LogP contribution in [-0.4, -0.2) is 58.1 Å². The first-order chi connectivity index (χ1) is 5.20. The van der Waals surface area contributed by atoms with Gasteiger partial charge in [-0.3, -0.25) is 0 Å². The zero-order chi connectivity index (χ0) is 8.43. The maximum Gasteiger partial charge on any atom is 0.115 e. The Kier molecular flexibility index (Phi) is 2.80. The molecule has 4 atom stereocenters. The fourth-order valence-corrected chi connectivity index (χ4v) is 1.06. The minimum Gasteiger partial charge on any atom is -0.394 e. The molecule has 0 aromatic carbocycles. The summed E-state index contributed by atoms with van der Waals surface area (Å²) in [6.07, 6.45) is -3.30. The average molecular weight is 164 g/mol. The highest BCUT2D eigenvalue weighted by atomic mass is 16.6. The summed E-state index contributed by atoms with van der Waals surface area (Å²) in [5.41, 5.74) is 0. The van der Waals surface area contributed by atoms with Crippen molar-refractivity contribution in [3.8, 4) is 0 Å². The van der Waals surface area contributed by atoms with Crippen LogP contribution in [-0.2, 0) is 4.74 Å². The van der Waals surface area contributed by atoms with Crippen molar-refractivity contribution in [2.75, 3.05) is 13.2 Å². The molecule has 0 radical (unpaired) electrons. The van der Waals surface area contributed by atoms with E-state index in [4.69, 9.17) is 25.2 Å². The lowest BCUT2D eigenvalue weighted by molar-refractivity contribution is -0.264. The fourth-order valence-electron chi connectivity index (χ4n) is 1.06. The number of rotatable bonds is 3. The Balaban J connectivity index is 2.32. The highest BCUT2D eigenvalue weighted by molar-refractivity contribution is 4.91. The van der Waals surface area contributed by atoms with Crippen LogP contribution in [0.25, 0.3) is 0 Å². The lowest BCUT2D eigenvalue weighted by atomic mass is 9.97. The van der Waals surface area contributed by atoms with E-state index in [-0.39, 0.29) is 6.61 Å². The van der Waals surface area contributed by atoms with Crippen molar-refractivity contribution in [1.82, 2.24) is 0 Å². The van der Waals surface area contributed by atoms with E-state index in [1.165, 1.54) is 0 Å². The van der Waals surface area contributed by atoms with Crippen molar-refractivity contribution in [1.29, 1.82) is 0 Å². The summed E-state index contributed by atoms with van der Waals surface area (Å²) >= 11 is 0. The second kappa shape index (κ2) is 3.46. The smallest absolute Gasteiger partial charge is 0.115 e. The largest absolute Gasteiger partial charge is 0.394 e. The van der Waals surface area contributed by atoms with Crippen LogP contribution in [0.2, 0.25) is 0 Å². The van der Waals surface area contributed by atoms with E-state index >= 15 is 0 Å². The van der Waals surface area contributed by atoms with Crippen molar-refractivity contribution < 1.29 is 25.2 Å². The molecule has 0 aromatic rings. The maximum atomic E-state index is 9.11. The molecule has 1 aliphatic heterocycles. The van der Waals surface area contributed by atoms with Gasteiger partial charge in [-0.1, -0.05) is 0 Å². The number of hydrogen-bond acceptors (Lipinski definition) is 5. The normalized spacial score (nSPS) is 39.8. The Labute approximate surface area is 63.8 Å². The molecule has 0 aliphatic carbocycles. The average Bonchev–Trinajstić information content (AvgIpc) is 2.02. The van der Waals surface area contributed by atoms with Crippen LogP contribution < -0.4 is 0 Å². The Morgan fingerprint density at radius 1 is 1.36 bits per heavy atom. The third-order valence-electron chi connectivity index (χ3n) is 1.80. The molecule has 5 heteroatoms. The van der Waals surface area contributed by atoms with Gasteiger partial charge in [0.25, 0.3) is 0 Å². The molecule has 4 N–H and O–H groups in total. The zero-order valence-corrected chi connectivity index (χ0v) is 5.92. The van der Waals surface area contributed by atoms with Gasteiger partial charge in [0, 0.05) is 0 Å². The van der Waals surface area contributed by atoms with Crippen LogP contribution in [0.3, 0.4) is 0 Å². The lowest BCUT2D eigenvalue weighted by Crippen LogP contribution is -2.61. The predicted molar refractivity (Wildman–Crippen MR) is 34.8 cm³/mol. The number of hydrogen-bond donors (Lipinski definition) is 4. The lowest BCUT2D eigenvalue weighted by Gasteiger charge is -2.42. The molecule has 0 amide bonds. The summed E-state index contributed by atoms with van der Waals surface area (Å²) in [7, 11) is 0. The van der Waals surface area contributed by atoms with Crippen LogP contribution in [0.4, 0.5) is 0 Å². The summed E-state index contributed by atoms with van der Waals surface area (Å²) < 4.78 is 4.84. The summed E-state index contributed by atoms with van der Waals surface area (Å²) in [6.45, 7) is -0.713. The summed E-state index contributed by atoms with van der Waals surface area (Å²) in [6, 6.07) is 0. The van der Waals surface area contributed by atoms with Crippen LogP contribution in [0.1, 0.15) is 0 Å². The molecule has 11 heavy (non-hydrogen) atoms. The van der Waals surface area contributed by atoms with Gasteiger partial charge in [-0.25, -0.2) is 0 Å². The van der Waals surface area contributed by atoms with Crippen LogP contribution in [0.5, 0.6) is 0 Å². The third kappa shape index (κ3) is 1.52. The van der Waals surface area contributed by atoms with Gasteiger partial charge < -0.3 is 25.2 Å². The molecule has 5 nitrogen and oxygen atoms in total. The number of aliphatic hydroxyl groups excluding tert-OH is 4. The number of aliphatic hydroxyl groups is 4. The predicted octanol–water partition coefficient (Wildman–Crippen LogP) is -2.54. The fraction of sp³-hybridized carbons (Fsp3) is 1.00. The molecule has 1 saturated heterocycles. The first kappa shape index (κ1) is 8.89. The SMILES string of the molecule is OC[C@@H](O)[C@H]1O[C@H](CO)[C@H]1O. The summed E-state index contributed by atoms with van der Waals surface area (Å²) in [4.78, 5) is 0. The summed E-state index contributed by atoms with van der Waals surface area (Å²) in [5.74, 6) is 0. The molecule has 1 aliphatic rings. The molecule has 0 aromatic heterocycles. The monoisotopic (exact) mass is 164 g/mol. The maximum absolute atomic E-state index is 9.11. The first-order valence-electron chi connectivity index (χ1n) is 3.44. The van der Waals surface area contributed by atoms with Crippen LogP contribution >= 0.6 is 0 Å². The third-order valence-corrected chi connectivity index (χ3v) is 1.80. The minimum absolute atomic E-state index is 0.268. The van der Waals surface area contributed by atoms with Crippen molar-refractivity contribution in [3.05, 3.63) is 0 Å². The van der Waals surface area contributed by atoms with Crippen molar-refractivity contribution in [2.45, 2.75) is 24.4 Å². The molecule has 0 spiro atoms. The van der Waals surface area contributed by atoms with Gasteiger partial charge in [-0.2, -0.15) is 0 Å². The van der Waals surface area contributed by atoms with Gasteiger partial charge >= 0.3 is 0 Å². The second-order valence-corrected chi connectivity index (χ2v) is 2.56. The van der Waals surface area contributed by atoms with Gasteiger partial charge in [0.1, 0.15) is 24.4 Å². The van der Waals surface area contributed by atoms with Crippen molar-refractivity contribution in [3.63, 3.8) is 0 Å². The van der Waals surface area contributed by atoms with Gasteiger partial charge in [0.05, 0.1) is 13.2 Å². The highest BCUT2D eigenvalue weighted by Gasteiger charge is 2.44. The van der Waals surface area contributed by atoms with E-state index < -0.39 is 31.0 Å². The zero-order valence-electron chi connectivity index (χ0n) is 5.92. The van der Waals surface area contributed by atoms with E-state index in [1.54, 1.807) is 0 Å². The highest BCUT2D eigenvalue weighted by Crippen LogP contribution is 2.23. The molecular formula is C6H12O5. The molecule has 0 bridgehead atoms. The molecule has 0 unspecified atom stereocenters. The number of ether oxygens (including phenoxy) is 1. The quantitative estimate of drug-likeness (QED) is 0.369. The Bertz CT molecular complexity index is 128. The Morgan fingerprint density at radius 2 is 2.00 bits per heavy atom. The Hall–Kier alpha value is -0.200. The summed E-state index contributed by atoms with van der Waals surface area (Å²) in [5, 5.41) is 35.0. The van der Waals surface area contributed by atoms with E-state index in [1.807, 2.05) is 0 Å².